The summed E-state index contributed by atoms with van der Waals surface area (Å²) in [5.74, 6) is -0.228. The lowest BCUT2D eigenvalue weighted by Gasteiger charge is -2.07. The third kappa shape index (κ3) is 3.71. The summed E-state index contributed by atoms with van der Waals surface area (Å²) in [5, 5.41) is 2.67. The molecule has 0 saturated heterocycles. The molecular weight excluding hydrogens is 290 g/mol. The average molecular weight is 305 g/mol. The van der Waals surface area contributed by atoms with Crippen molar-refractivity contribution in [3.8, 4) is 11.1 Å². The van der Waals surface area contributed by atoms with E-state index < -0.39 is 0 Å². The first kappa shape index (κ1) is 14.7. The maximum Gasteiger partial charge on any atom is 0.271 e. The van der Waals surface area contributed by atoms with Gasteiger partial charge in [0.05, 0.1) is 6.42 Å². The molecule has 0 aliphatic carbocycles. The zero-order valence-electron chi connectivity index (χ0n) is 12.3. The number of anilines is 1. The van der Waals surface area contributed by atoms with E-state index >= 15 is 0 Å². The number of pyridine rings is 2. The first-order valence-electron chi connectivity index (χ1n) is 7.19. The molecule has 3 rings (SSSR count). The fourth-order valence-electron chi connectivity index (χ4n) is 2.26. The van der Waals surface area contributed by atoms with Gasteiger partial charge in [-0.2, -0.15) is 0 Å². The molecule has 0 aliphatic heterocycles. The van der Waals surface area contributed by atoms with Crippen LogP contribution in [0.2, 0.25) is 0 Å². The van der Waals surface area contributed by atoms with Gasteiger partial charge in [-0.1, -0.05) is 30.3 Å². The second-order valence-corrected chi connectivity index (χ2v) is 5.08. The first-order valence-corrected chi connectivity index (χ1v) is 7.19. The maximum atomic E-state index is 12.1. The highest BCUT2D eigenvalue weighted by Crippen LogP contribution is 2.18. The summed E-state index contributed by atoms with van der Waals surface area (Å²) in [6.45, 7) is 0. The number of nitrogens with one attached hydrogen (secondary N) is 2. The topological polar surface area (TPSA) is 74.8 Å². The molecule has 5 nitrogen and oxygen atoms in total. The zero-order chi connectivity index (χ0) is 16.1. The molecule has 5 heteroatoms. The van der Waals surface area contributed by atoms with Gasteiger partial charge in [-0.3, -0.25) is 14.6 Å². The molecule has 2 heterocycles. The lowest BCUT2D eigenvalue weighted by atomic mass is 10.1. The highest BCUT2D eigenvalue weighted by molar-refractivity contribution is 5.92. The molecule has 0 spiro atoms. The number of carbonyl (C=O) groups excluding carboxylic acids is 1. The van der Waals surface area contributed by atoms with Crippen molar-refractivity contribution in [1.82, 2.24) is 9.97 Å². The SMILES string of the molecule is O=C(Cc1ccccc1)Nc1cc(-c2ccncc2)c[nH]c1=O. The van der Waals surface area contributed by atoms with E-state index in [1.165, 1.54) is 0 Å². The molecule has 2 N–H and O–H groups in total. The fraction of sp³-hybridized carbons (Fsp3) is 0.0556. The third-order valence-corrected chi connectivity index (χ3v) is 3.40. The standard InChI is InChI=1S/C18H15N3O2/c22-17(10-13-4-2-1-3-5-13)21-16-11-15(12-20-18(16)23)14-6-8-19-9-7-14/h1-9,11-12H,10H2,(H,20,23)(H,21,22). The minimum absolute atomic E-state index is 0.222. The Morgan fingerprint density at radius 2 is 1.78 bits per heavy atom. The van der Waals surface area contributed by atoms with E-state index in [2.05, 4.69) is 15.3 Å². The summed E-state index contributed by atoms with van der Waals surface area (Å²) in [7, 11) is 0. The highest BCUT2D eigenvalue weighted by atomic mass is 16.2. The van der Waals surface area contributed by atoms with Crippen molar-refractivity contribution in [3.63, 3.8) is 0 Å². The molecule has 1 aromatic carbocycles. The van der Waals surface area contributed by atoms with Crippen LogP contribution in [0.25, 0.3) is 11.1 Å². The largest absolute Gasteiger partial charge is 0.327 e. The molecule has 0 aliphatic rings. The van der Waals surface area contributed by atoms with Crippen LogP contribution in [0.15, 0.2) is 71.9 Å². The summed E-state index contributed by atoms with van der Waals surface area (Å²) in [6.07, 6.45) is 5.19. The van der Waals surface area contributed by atoms with E-state index in [0.717, 1.165) is 16.7 Å². The van der Waals surface area contributed by atoms with E-state index in [0.29, 0.717) is 0 Å². The number of rotatable bonds is 4. The number of aromatic nitrogens is 2. The van der Waals surface area contributed by atoms with Crippen LogP contribution in [-0.4, -0.2) is 15.9 Å². The molecule has 0 bridgehead atoms. The van der Waals surface area contributed by atoms with E-state index in [1.54, 1.807) is 24.7 Å². The Hall–Kier alpha value is -3.21. The Balaban J connectivity index is 1.80. The zero-order valence-corrected chi connectivity index (χ0v) is 12.3. The van der Waals surface area contributed by atoms with Crippen molar-refractivity contribution < 1.29 is 4.79 Å². The molecule has 2 aromatic heterocycles. The van der Waals surface area contributed by atoms with Crippen molar-refractivity contribution in [2.75, 3.05) is 5.32 Å². The van der Waals surface area contributed by atoms with E-state index in [4.69, 9.17) is 0 Å². The number of amides is 1. The molecule has 3 aromatic rings. The number of hydrogen-bond donors (Lipinski definition) is 2. The summed E-state index contributed by atoms with van der Waals surface area (Å²) in [4.78, 5) is 30.6. The van der Waals surface area contributed by atoms with Gasteiger partial charge >= 0.3 is 0 Å². The Morgan fingerprint density at radius 1 is 1.04 bits per heavy atom. The second kappa shape index (κ2) is 6.70. The monoisotopic (exact) mass is 305 g/mol. The summed E-state index contributed by atoms with van der Waals surface area (Å²) in [6, 6.07) is 14.7. The Bertz CT molecular complexity index is 858. The van der Waals surface area contributed by atoms with Gasteiger partial charge in [-0.15, -0.1) is 0 Å². The lowest BCUT2D eigenvalue weighted by Crippen LogP contribution is -2.21. The van der Waals surface area contributed by atoms with Crippen molar-refractivity contribution in [2.24, 2.45) is 0 Å². The van der Waals surface area contributed by atoms with E-state index in [9.17, 15) is 9.59 Å². The molecule has 1 amide bonds. The summed E-state index contributed by atoms with van der Waals surface area (Å²) >= 11 is 0. The predicted octanol–water partition coefficient (Wildman–Crippen LogP) is 2.62. The Kier molecular flexibility index (Phi) is 4.29. The molecule has 0 radical (unpaired) electrons. The van der Waals surface area contributed by atoms with Crippen LogP contribution in [0.1, 0.15) is 5.56 Å². The van der Waals surface area contributed by atoms with Crippen LogP contribution < -0.4 is 10.9 Å². The molecule has 0 atom stereocenters. The smallest absolute Gasteiger partial charge is 0.271 e. The minimum atomic E-state index is -0.329. The van der Waals surface area contributed by atoms with Gasteiger partial charge in [-0.25, -0.2) is 0 Å². The van der Waals surface area contributed by atoms with Crippen LogP contribution >= 0.6 is 0 Å². The van der Waals surface area contributed by atoms with Gasteiger partial charge in [-0.05, 0) is 29.3 Å². The van der Waals surface area contributed by atoms with Gasteiger partial charge in [0, 0.05) is 24.2 Å². The second-order valence-electron chi connectivity index (χ2n) is 5.08. The normalized spacial score (nSPS) is 10.3. The van der Waals surface area contributed by atoms with Gasteiger partial charge in [0.15, 0.2) is 0 Å². The molecular formula is C18H15N3O2. The predicted molar refractivity (Wildman–Crippen MR) is 89.1 cm³/mol. The van der Waals surface area contributed by atoms with Gasteiger partial charge in [0.25, 0.3) is 5.56 Å². The quantitative estimate of drug-likeness (QED) is 0.778. The summed E-state index contributed by atoms with van der Waals surface area (Å²) < 4.78 is 0. The third-order valence-electron chi connectivity index (χ3n) is 3.40. The van der Waals surface area contributed by atoms with Crippen LogP contribution in [0.5, 0.6) is 0 Å². The van der Waals surface area contributed by atoms with E-state index in [1.807, 2.05) is 42.5 Å². The first-order chi connectivity index (χ1) is 11.2. The molecule has 0 unspecified atom stereocenters. The number of H-pyrrole nitrogens is 1. The Labute approximate surface area is 133 Å². The molecule has 23 heavy (non-hydrogen) atoms. The van der Waals surface area contributed by atoms with Crippen molar-refractivity contribution in [3.05, 3.63) is 83.0 Å². The summed E-state index contributed by atoms with van der Waals surface area (Å²) in [5.41, 5.74) is 2.52. The highest BCUT2D eigenvalue weighted by Gasteiger charge is 2.08. The maximum absolute atomic E-state index is 12.1. The van der Waals surface area contributed by atoms with Crippen LogP contribution in [0, 0.1) is 0 Å². The van der Waals surface area contributed by atoms with Crippen molar-refractivity contribution in [2.45, 2.75) is 6.42 Å². The Morgan fingerprint density at radius 3 is 2.52 bits per heavy atom. The minimum Gasteiger partial charge on any atom is -0.327 e. The lowest BCUT2D eigenvalue weighted by molar-refractivity contribution is -0.115. The number of hydrogen-bond acceptors (Lipinski definition) is 3. The molecule has 0 saturated carbocycles. The van der Waals surface area contributed by atoms with Crippen LogP contribution in [0.4, 0.5) is 5.69 Å². The van der Waals surface area contributed by atoms with Gasteiger partial charge in [0.1, 0.15) is 5.69 Å². The number of carbonyl (C=O) groups is 1. The van der Waals surface area contributed by atoms with Crippen molar-refractivity contribution in [1.29, 1.82) is 0 Å². The number of nitrogens with zero attached hydrogens (tertiary/aromatic N) is 1. The van der Waals surface area contributed by atoms with Gasteiger partial charge in [0.2, 0.25) is 5.91 Å². The molecule has 114 valence electrons. The number of benzene rings is 1. The van der Waals surface area contributed by atoms with Crippen molar-refractivity contribution >= 4 is 11.6 Å². The van der Waals surface area contributed by atoms with Crippen LogP contribution in [-0.2, 0) is 11.2 Å². The van der Waals surface area contributed by atoms with Crippen LogP contribution in [0.3, 0.4) is 0 Å². The average Bonchev–Trinajstić information content (AvgIpc) is 2.58. The number of aromatic amines is 1. The van der Waals surface area contributed by atoms with Gasteiger partial charge < -0.3 is 10.3 Å². The molecule has 0 fully saturated rings. The fourth-order valence-corrected chi connectivity index (χ4v) is 2.26. The van der Waals surface area contributed by atoms with E-state index in [-0.39, 0.29) is 23.6 Å².